The lowest BCUT2D eigenvalue weighted by Crippen LogP contribution is -2.11. The van der Waals surface area contributed by atoms with E-state index in [1.54, 1.807) is 13.2 Å². The zero-order chi connectivity index (χ0) is 14.1. The second-order valence-electron chi connectivity index (χ2n) is 4.26. The molecule has 1 rings (SSSR count). The van der Waals surface area contributed by atoms with Crippen LogP contribution in [0.15, 0.2) is 18.2 Å². The molecule has 2 N–H and O–H groups in total. The van der Waals surface area contributed by atoms with Gasteiger partial charge in [0.25, 0.3) is 0 Å². The van der Waals surface area contributed by atoms with Crippen molar-refractivity contribution in [2.75, 3.05) is 26.9 Å². The number of ether oxygens (including phenoxy) is 2. The Morgan fingerprint density at radius 3 is 2.68 bits per heavy atom. The lowest BCUT2D eigenvalue weighted by Gasteiger charge is -2.04. The smallest absolute Gasteiger partial charge is 0.158 e. The Morgan fingerprint density at radius 1 is 1.21 bits per heavy atom. The van der Waals surface area contributed by atoms with Crippen LogP contribution in [0.3, 0.4) is 0 Å². The van der Waals surface area contributed by atoms with Crippen LogP contribution in [0.5, 0.6) is 11.5 Å². The van der Waals surface area contributed by atoms with Gasteiger partial charge < -0.3 is 19.7 Å². The van der Waals surface area contributed by atoms with Crippen LogP contribution in [0.1, 0.15) is 18.4 Å². The molecule has 106 valence electrons. The summed E-state index contributed by atoms with van der Waals surface area (Å²) in [6.45, 7) is 1.03. The lowest BCUT2D eigenvalue weighted by molar-refractivity contribution is -0.124. The molecule has 0 amide bonds. The molecule has 0 fully saturated rings. The maximum atomic E-state index is 11.5. The van der Waals surface area contributed by atoms with Gasteiger partial charge in [-0.3, -0.25) is 4.79 Å². The predicted molar refractivity (Wildman–Crippen MR) is 70.4 cm³/mol. The number of methoxy groups -OCH3 is 1. The summed E-state index contributed by atoms with van der Waals surface area (Å²) < 4.78 is 9.93. The molecular formula is C14H20O5. The number of carbonyl (C=O) groups is 1. The number of phenols is 2. The van der Waals surface area contributed by atoms with E-state index in [0.29, 0.717) is 32.5 Å². The van der Waals surface area contributed by atoms with Crippen molar-refractivity contribution in [3.8, 4) is 11.5 Å². The molecule has 0 aliphatic heterocycles. The molecule has 0 aliphatic rings. The highest BCUT2D eigenvalue weighted by Gasteiger charge is 2.04. The normalized spacial score (nSPS) is 10.6. The van der Waals surface area contributed by atoms with Crippen LogP contribution in [0.4, 0.5) is 0 Å². The van der Waals surface area contributed by atoms with Gasteiger partial charge in [-0.1, -0.05) is 6.07 Å². The molecule has 19 heavy (non-hydrogen) atoms. The molecule has 0 radical (unpaired) electrons. The van der Waals surface area contributed by atoms with Gasteiger partial charge in [-0.2, -0.15) is 0 Å². The summed E-state index contributed by atoms with van der Waals surface area (Å²) in [5.41, 5.74) is 0.892. The monoisotopic (exact) mass is 268 g/mol. The van der Waals surface area contributed by atoms with Gasteiger partial charge in [0, 0.05) is 13.5 Å². The van der Waals surface area contributed by atoms with E-state index < -0.39 is 0 Å². The minimum atomic E-state index is -0.133. The number of rotatable bonds is 9. The number of carbonyl (C=O) groups excluding carboxylic acids is 1. The highest BCUT2D eigenvalue weighted by atomic mass is 16.5. The molecule has 0 saturated heterocycles. The van der Waals surface area contributed by atoms with Crippen LogP contribution in [-0.2, 0) is 20.7 Å². The van der Waals surface area contributed by atoms with Crippen molar-refractivity contribution in [1.82, 2.24) is 0 Å². The third-order valence-corrected chi connectivity index (χ3v) is 2.66. The molecule has 0 heterocycles. The summed E-state index contributed by atoms with van der Waals surface area (Å²) in [5.74, 6) is -0.211. The Bertz CT molecular complexity index is 403. The summed E-state index contributed by atoms with van der Waals surface area (Å²) in [4.78, 5) is 11.5. The summed E-state index contributed by atoms with van der Waals surface area (Å²) in [6, 6.07) is 4.68. The van der Waals surface area contributed by atoms with Crippen molar-refractivity contribution >= 4 is 5.78 Å². The zero-order valence-electron chi connectivity index (χ0n) is 11.1. The van der Waals surface area contributed by atoms with Crippen LogP contribution in [0.25, 0.3) is 0 Å². The van der Waals surface area contributed by atoms with Crippen LogP contribution >= 0.6 is 0 Å². The average molecular weight is 268 g/mol. The largest absolute Gasteiger partial charge is 0.504 e. The minimum absolute atomic E-state index is 0.0547. The summed E-state index contributed by atoms with van der Waals surface area (Å²) >= 11 is 0. The van der Waals surface area contributed by atoms with Gasteiger partial charge in [-0.25, -0.2) is 0 Å². The van der Waals surface area contributed by atoms with E-state index in [9.17, 15) is 9.90 Å². The van der Waals surface area contributed by atoms with Crippen LogP contribution in [0, 0.1) is 0 Å². The number of ketones is 1. The average Bonchev–Trinajstić information content (AvgIpc) is 2.39. The van der Waals surface area contributed by atoms with Gasteiger partial charge in [-0.15, -0.1) is 0 Å². The molecule has 0 aliphatic carbocycles. The second-order valence-corrected chi connectivity index (χ2v) is 4.26. The van der Waals surface area contributed by atoms with E-state index >= 15 is 0 Å². The lowest BCUT2D eigenvalue weighted by atomic mass is 10.1. The van der Waals surface area contributed by atoms with Gasteiger partial charge in [-0.05, 0) is 30.5 Å². The molecule has 0 bridgehead atoms. The minimum Gasteiger partial charge on any atom is -0.504 e. The van der Waals surface area contributed by atoms with E-state index in [-0.39, 0.29) is 23.9 Å². The number of phenolic OH excluding ortho intramolecular Hbond substituents is 2. The van der Waals surface area contributed by atoms with Crippen molar-refractivity contribution in [1.29, 1.82) is 0 Å². The van der Waals surface area contributed by atoms with Crippen LogP contribution in [-0.4, -0.2) is 42.9 Å². The SMILES string of the molecule is COCCOCC(=O)CCCc1ccc(O)c(O)c1. The van der Waals surface area contributed by atoms with Gasteiger partial charge in [0.2, 0.25) is 0 Å². The number of aryl methyl sites for hydroxylation is 1. The molecule has 0 spiro atoms. The maximum absolute atomic E-state index is 11.5. The molecule has 0 aromatic heterocycles. The molecule has 0 unspecified atom stereocenters. The van der Waals surface area contributed by atoms with Gasteiger partial charge in [0.1, 0.15) is 6.61 Å². The van der Waals surface area contributed by atoms with Crippen molar-refractivity contribution in [3.63, 3.8) is 0 Å². The Kier molecular flexibility index (Phi) is 6.92. The number of hydrogen-bond donors (Lipinski definition) is 2. The molecular weight excluding hydrogens is 248 g/mol. The van der Waals surface area contributed by atoms with Gasteiger partial charge in [0.15, 0.2) is 17.3 Å². The van der Waals surface area contributed by atoms with E-state index in [1.165, 1.54) is 12.1 Å². The van der Waals surface area contributed by atoms with Gasteiger partial charge in [0.05, 0.1) is 13.2 Å². The van der Waals surface area contributed by atoms with Crippen LogP contribution in [0.2, 0.25) is 0 Å². The van der Waals surface area contributed by atoms with Crippen LogP contribution < -0.4 is 0 Å². The topological polar surface area (TPSA) is 76.0 Å². The first-order chi connectivity index (χ1) is 9.13. The zero-order valence-corrected chi connectivity index (χ0v) is 11.1. The quantitative estimate of drug-likeness (QED) is 0.526. The summed E-state index contributed by atoms with van der Waals surface area (Å²) in [7, 11) is 1.58. The molecule has 1 aromatic rings. The van der Waals surface area contributed by atoms with E-state index in [1.807, 2.05) is 0 Å². The van der Waals surface area contributed by atoms with Gasteiger partial charge >= 0.3 is 0 Å². The highest BCUT2D eigenvalue weighted by molar-refractivity contribution is 5.79. The molecule has 0 atom stereocenters. The van der Waals surface area contributed by atoms with Crippen molar-refractivity contribution in [2.45, 2.75) is 19.3 Å². The Morgan fingerprint density at radius 2 is 2.00 bits per heavy atom. The fourth-order valence-electron chi connectivity index (χ4n) is 1.61. The summed E-state index contributed by atoms with van der Waals surface area (Å²) in [5, 5.41) is 18.5. The standard InChI is InChI=1S/C14H20O5/c1-18-7-8-19-10-12(15)4-2-3-11-5-6-13(16)14(17)9-11/h5-6,9,16-17H,2-4,7-8,10H2,1H3. The second kappa shape index (κ2) is 8.50. The maximum Gasteiger partial charge on any atom is 0.158 e. The number of aromatic hydroxyl groups is 2. The number of Topliss-reactive ketones (excluding diaryl/α,β-unsaturated/α-hetero) is 1. The van der Waals surface area contributed by atoms with Crippen molar-refractivity contribution in [2.24, 2.45) is 0 Å². The Hall–Kier alpha value is -1.59. The number of benzene rings is 1. The number of hydrogen-bond acceptors (Lipinski definition) is 5. The van der Waals surface area contributed by atoms with E-state index in [0.717, 1.165) is 5.56 Å². The van der Waals surface area contributed by atoms with E-state index in [4.69, 9.17) is 14.6 Å². The van der Waals surface area contributed by atoms with Crippen molar-refractivity contribution in [3.05, 3.63) is 23.8 Å². The molecule has 0 saturated carbocycles. The first-order valence-corrected chi connectivity index (χ1v) is 6.22. The predicted octanol–water partition coefficient (Wildman–Crippen LogP) is 1.65. The fourth-order valence-corrected chi connectivity index (χ4v) is 1.61. The van der Waals surface area contributed by atoms with E-state index in [2.05, 4.69) is 0 Å². The Balaban J connectivity index is 2.18. The highest BCUT2D eigenvalue weighted by Crippen LogP contribution is 2.25. The first kappa shape index (κ1) is 15.5. The van der Waals surface area contributed by atoms with Crippen molar-refractivity contribution < 1.29 is 24.5 Å². The third-order valence-electron chi connectivity index (χ3n) is 2.66. The fraction of sp³-hybridized carbons (Fsp3) is 0.500. The Labute approximate surface area is 112 Å². The molecule has 5 nitrogen and oxygen atoms in total. The molecule has 5 heteroatoms. The molecule has 1 aromatic carbocycles. The summed E-state index contributed by atoms with van der Waals surface area (Å²) in [6.07, 6.45) is 1.81. The third kappa shape index (κ3) is 6.22. The first-order valence-electron chi connectivity index (χ1n) is 6.22.